The molecular weight excluding hydrogens is 268 g/mol. The van der Waals surface area contributed by atoms with Crippen molar-refractivity contribution >= 4 is 22.7 Å². The van der Waals surface area contributed by atoms with Crippen LogP contribution in [-0.4, -0.2) is 4.98 Å². The molecule has 2 heterocycles. The van der Waals surface area contributed by atoms with Crippen molar-refractivity contribution in [3.8, 4) is 0 Å². The molecule has 0 spiro atoms. The van der Waals surface area contributed by atoms with Crippen LogP contribution < -0.4 is 5.32 Å². The summed E-state index contributed by atoms with van der Waals surface area (Å²) in [4.78, 5) is 4.59. The van der Waals surface area contributed by atoms with E-state index in [1.807, 2.05) is 18.3 Å². The van der Waals surface area contributed by atoms with Crippen molar-refractivity contribution in [2.75, 3.05) is 5.32 Å². The lowest BCUT2D eigenvalue weighted by Crippen LogP contribution is -2.42. The summed E-state index contributed by atoms with van der Waals surface area (Å²) in [6, 6.07) is 16.8. The predicted octanol–water partition coefficient (Wildman–Crippen LogP) is 4.72. The second-order valence-electron chi connectivity index (χ2n) is 5.78. The van der Waals surface area contributed by atoms with E-state index < -0.39 is 0 Å². The average Bonchev–Trinajstić information content (AvgIpc) is 2.55. The van der Waals surface area contributed by atoms with E-state index in [2.05, 4.69) is 72.0 Å². The molecule has 0 amide bonds. The fraction of sp³-hybridized carbons (Fsp3) is 0.100. The smallest absolute Gasteiger partial charge is 0.0892 e. The van der Waals surface area contributed by atoms with Crippen molar-refractivity contribution in [3.05, 3.63) is 83.7 Å². The van der Waals surface area contributed by atoms with Crippen LogP contribution in [0.25, 0.3) is 17.0 Å². The Morgan fingerprint density at radius 2 is 2.00 bits per heavy atom. The van der Waals surface area contributed by atoms with Crippen LogP contribution in [-0.2, 0) is 5.54 Å². The summed E-state index contributed by atoms with van der Waals surface area (Å²) in [6.45, 7) is 5.86. The van der Waals surface area contributed by atoms with Crippen molar-refractivity contribution in [2.45, 2.75) is 12.5 Å². The molecule has 2 nitrogen and oxygen atoms in total. The van der Waals surface area contributed by atoms with Gasteiger partial charge in [0, 0.05) is 28.4 Å². The van der Waals surface area contributed by atoms with Crippen LogP contribution in [0.5, 0.6) is 0 Å². The molecule has 1 aliphatic heterocycles. The number of nitrogens with zero attached hydrogens (tertiary/aromatic N) is 1. The van der Waals surface area contributed by atoms with Gasteiger partial charge in [0.25, 0.3) is 0 Å². The first kappa shape index (κ1) is 12.9. The lowest BCUT2D eigenvalue weighted by Gasteiger charge is -2.44. The lowest BCUT2D eigenvalue weighted by molar-refractivity contribution is 0.616. The zero-order valence-electron chi connectivity index (χ0n) is 12.4. The monoisotopic (exact) mass is 284 g/mol. The molecule has 0 aliphatic carbocycles. The number of fused-ring (bicyclic) bond motifs is 2. The summed E-state index contributed by atoms with van der Waals surface area (Å²) in [5.74, 6) is 0. The summed E-state index contributed by atoms with van der Waals surface area (Å²) in [5, 5.41) is 4.75. The Kier molecular flexibility index (Phi) is 2.69. The number of nitrogens with one attached hydrogen (secondary N) is 1. The van der Waals surface area contributed by atoms with Crippen LogP contribution in [0.3, 0.4) is 0 Å². The Morgan fingerprint density at radius 1 is 1.14 bits per heavy atom. The number of rotatable bonds is 2. The fourth-order valence-corrected chi connectivity index (χ4v) is 3.29. The van der Waals surface area contributed by atoms with Crippen LogP contribution in [0.4, 0.5) is 5.69 Å². The van der Waals surface area contributed by atoms with E-state index in [9.17, 15) is 0 Å². The second kappa shape index (κ2) is 4.59. The Morgan fingerprint density at radius 3 is 2.86 bits per heavy atom. The number of hydrogen-bond donors (Lipinski definition) is 1. The maximum Gasteiger partial charge on any atom is 0.0892 e. The first-order chi connectivity index (χ1) is 10.7. The first-order valence-electron chi connectivity index (χ1n) is 7.35. The van der Waals surface area contributed by atoms with Gasteiger partial charge in [-0.15, -0.1) is 5.73 Å². The van der Waals surface area contributed by atoms with Gasteiger partial charge in [0.1, 0.15) is 0 Å². The van der Waals surface area contributed by atoms with Gasteiger partial charge in [0.2, 0.25) is 0 Å². The first-order valence-corrected chi connectivity index (χ1v) is 7.35. The molecule has 22 heavy (non-hydrogen) atoms. The number of hydrogen-bond acceptors (Lipinski definition) is 2. The van der Waals surface area contributed by atoms with E-state index in [0.717, 1.165) is 11.1 Å². The number of aromatic nitrogens is 1. The van der Waals surface area contributed by atoms with Gasteiger partial charge >= 0.3 is 0 Å². The van der Waals surface area contributed by atoms with Gasteiger partial charge in [-0.05, 0) is 36.8 Å². The molecule has 0 saturated heterocycles. The summed E-state index contributed by atoms with van der Waals surface area (Å²) >= 11 is 0. The molecule has 1 N–H and O–H groups in total. The maximum absolute atomic E-state index is 4.59. The molecule has 0 bridgehead atoms. The molecule has 2 aromatic carbocycles. The quantitative estimate of drug-likeness (QED) is 0.689. The molecule has 0 unspecified atom stereocenters. The average molecular weight is 284 g/mol. The molecule has 1 atom stereocenters. The maximum atomic E-state index is 4.59. The minimum absolute atomic E-state index is 0.214. The van der Waals surface area contributed by atoms with Gasteiger partial charge in [-0.25, -0.2) is 0 Å². The highest BCUT2D eigenvalue weighted by atomic mass is 15.1. The molecule has 3 aromatic rings. The topological polar surface area (TPSA) is 24.9 Å². The van der Waals surface area contributed by atoms with E-state index in [4.69, 9.17) is 0 Å². The summed E-state index contributed by atoms with van der Waals surface area (Å²) < 4.78 is 0. The van der Waals surface area contributed by atoms with Gasteiger partial charge in [-0.2, -0.15) is 0 Å². The normalized spacial score (nSPS) is 18.8. The second-order valence-corrected chi connectivity index (χ2v) is 5.78. The zero-order chi connectivity index (χ0) is 15.2. The van der Waals surface area contributed by atoms with E-state index in [1.165, 1.54) is 22.2 Å². The third kappa shape index (κ3) is 1.71. The number of pyridine rings is 1. The van der Waals surface area contributed by atoms with Crippen molar-refractivity contribution in [1.82, 2.24) is 4.98 Å². The van der Waals surface area contributed by atoms with Gasteiger partial charge in [0.05, 0.1) is 11.1 Å². The van der Waals surface area contributed by atoms with E-state index in [1.54, 1.807) is 0 Å². The Bertz CT molecular complexity index is 930. The van der Waals surface area contributed by atoms with Crippen LogP contribution in [0, 0.1) is 0 Å². The fourth-order valence-electron chi connectivity index (χ4n) is 3.29. The minimum atomic E-state index is -0.214. The van der Waals surface area contributed by atoms with Gasteiger partial charge < -0.3 is 5.32 Å². The van der Waals surface area contributed by atoms with Crippen molar-refractivity contribution < 1.29 is 0 Å². The largest absolute Gasteiger partial charge is 0.371 e. The summed E-state index contributed by atoms with van der Waals surface area (Å²) in [7, 11) is 0. The van der Waals surface area contributed by atoms with Gasteiger partial charge in [-0.3, -0.25) is 4.98 Å². The highest BCUT2D eigenvalue weighted by Gasteiger charge is 2.40. The van der Waals surface area contributed by atoms with Gasteiger partial charge in [0.15, 0.2) is 0 Å². The van der Waals surface area contributed by atoms with E-state index in [-0.39, 0.29) is 5.54 Å². The van der Waals surface area contributed by atoms with Crippen molar-refractivity contribution in [1.29, 1.82) is 0 Å². The molecule has 0 fully saturated rings. The van der Waals surface area contributed by atoms with Crippen LogP contribution in [0.2, 0.25) is 0 Å². The van der Waals surface area contributed by atoms with Crippen LogP contribution in [0.1, 0.15) is 23.6 Å². The molecule has 1 aromatic heterocycles. The zero-order valence-corrected chi connectivity index (χ0v) is 12.4. The lowest BCUT2D eigenvalue weighted by atomic mass is 9.76. The summed E-state index contributed by atoms with van der Waals surface area (Å²) in [6.07, 6.45) is 3.76. The standard InChI is InChI=1S/C20H16N2/c1-3-6-14-10-11-18-17(13-14)20(2,22-18)16-9-4-7-15-8-5-12-21-19(15)16/h4-13,22H,1H2,2H3/t20-/m0/s1. The number of benzene rings is 2. The Balaban J connectivity index is 1.92. The van der Waals surface area contributed by atoms with E-state index in [0.29, 0.717) is 0 Å². The van der Waals surface area contributed by atoms with E-state index >= 15 is 0 Å². The molecule has 0 saturated carbocycles. The molecule has 2 heteroatoms. The SMILES string of the molecule is C=C=Cc1ccc2c(c1)[C@](C)(c1cccc3cccnc13)N2. The predicted molar refractivity (Wildman–Crippen MR) is 91.9 cm³/mol. The molecular formula is C20H16N2. The highest BCUT2D eigenvalue weighted by molar-refractivity contribution is 5.86. The molecule has 1 aliphatic rings. The molecule has 106 valence electrons. The molecule has 4 rings (SSSR count). The number of para-hydroxylation sites is 1. The highest BCUT2D eigenvalue weighted by Crippen LogP contribution is 2.47. The third-order valence-corrected chi connectivity index (χ3v) is 4.41. The Labute approximate surface area is 129 Å². The number of anilines is 1. The Hall–Kier alpha value is -2.83. The summed E-state index contributed by atoms with van der Waals surface area (Å²) in [5.41, 5.74) is 8.47. The molecule has 0 radical (unpaired) electrons. The minimum Gasteiger partial charge on any atom is -0.371 e. The van der Waals surface area contributed by atoms with Crippen LogP contribution in [0.15, 0.2) is 67.0 Å². The van der Waals surface area contributed by atoms with Crippen molar-refractivity contribution in [2.24, 2.45) is 0 Å². The third-order valence-electron chi connectivity index (χ3n) is 4.41. The van der Waals surface area contributed by atoms with Gasteiger partial charge in [-0.1, -0.05) is 36.9 Å². The van der Waals surface area contributed by atoms with Crippen LogP contribution >= 0.6 is 0 Å². The van der Waals surface area contributed by atoms with Crippen molar-refractivity contribution in [3.63, 3.8) is 0 Å².